The van der Waals surface area contributed by atoms with Crippen molar-refractivity contribution in [2.75, 3.05) is 12.4 Å². The van der Waals surface area contributed by atoms with Crippen LogP contribution < -0.4 is 10.1 Å². The van der Waals surface area contributed by atoms with Gasteiger partial charge in [0.1, 0.15) is 16.6 Å². The molecule has 158 valence electrons. The van der Waals surface area contributed by atoms with E-state index in [1.807, 2.05) is 6.07 Å². The van der Waals surface area contributed by atoms with Gasteiger partial charge < -0.3 is 10.1 Å². The summed E-state index contributed by atoms with van der Waals surface area (Å²) in [6, 6.07) is 11.6. The quantitative estimate of drug-likeness (QED) is 0.355. The summed E-state index contributed by atoms with van der Waals surface area (Å²) in [5.74, 6) is -10.2. The number of nitrogens with one attached hydrogen (secondary N) is 1. The molecule has 0 bridgehead atoms. The minimum absolute atomic E-state index is 0.0313. The number of methoxy groups -OCH3 is 1. The maximum Gasteiger partial charge on any atom is 0.261 e. The molecule has 0 saturated carbocycles. The topological polar surface area (TPSA) is 69.0 Å². The fourth-order valence-electron chi connectivity index (χ4n) is 2.89. The second-order valence-corrected chi connectivity index (χ2v) is 6.67. The summed E-state index contributed by atoms with van der Waals surface area (Å²) in [4.78, 5) is 13.7. The molecule has 31 heavy (non-hydrogen) atoms. The van der Waals surface area contributed by atoms with Gasteiger partial charge in [0.25, 0.3) is 5.91 Å². The van der Waals surface area contributed by atoms with Crippen molar-refractivity contribution in [1.29, 1.82) is 0 Å². The van der Waals surface area contributed by atoms with Crippen LogP contribution in [0.1, 0.15) is 10.4 Å². The lowest BCUT2D eigenvalue weighted by Crippen LogP contribution is -2.19. The van der Waals surface area contributed by atoms with Gasteiger partial charge in [-0.1, -0.05) is 29.8 Å². The van der Waals surface area contributed by atoms with Crippen molar-refractivity contribution in [1.82, 2.24) is 15.0 Å². The Morgan fingerprint density at radius 2 is 1.55 bits per heavy atom. The van der Waals surface area contributed by atoms with Gasteiger partial charge in [0.2, 0.25) is 11.6 Å². The molecule has 1 aromatic heterocycles. The van der Waals surface area contributed by atoms with Gasteiger partial charge in [-0.05, 0) is 24.3 Å². The molecule has 1 amide bonds. The first kappa shape index (κ1) is 20.6. The third-order valence-corrected chi connectivity index (χ3v) is 4.67. The number of para-hydroxylation sites is 1. The molecule has 0 atom stereocenters. The molecule has 4 rings (SSSR count). The van der Waals surface area contributed by atoms with E-state index in [-0.39, 0.29) is 10.7 Å². The molecule has 0 unspecified atom stereocenters. The van der Waals surface area contributed by atoms with E-state index >= 15 is 0 Å². The summed E-state index contributed by atoms with van der Waals surface area (Å²) in [5, 5.41) is 10.6. The zero-order chi connectivity index (χ0) is 22.3. The third kappa shape index (κ3) is 3.55. The number of ether oxygens (including phenoxy) is 1. The van der Waals surface area contributed by atoms with E-state index in [0.717, 1.165) is 7.11 Å². The van der Waals surface area contributed by atoms with Crippen molar-refractivity contribution in [3.63, 3.8) is 0 Å². The number of hydrogen-bond donors (Lipinski definition) is 1. The number of rotatable bonds is 4. The van der Waals surface area contributed by atoms with E-state index in [9.17, 15) is 22.4 Å². The Bertz CT molecular complexity index is 1300. The minimum Gasteiger partial charge on any atom is -0.491 e. The zero-order valence-electron chi connectivity index (χ0n) is 15.6. The van der Waals surface area contributed by atoms with Crippen molar-refractivity contribution < 1.29 is 27.1 Å². The molecular weight excluding hydrogens is 440 g/mol. The average Bonchev–Trinajstić information content (AvgIpc) is 3.16. The molecule has 1 N–H and O–H groups in total. The number of carbonyl (C=O) groups is 1. The van der Waals surface area contributed by atoms with Gasteiger partial charge in [0.15, 0.2) is 17.4 Å². The fraction of sp³-hybridized carbons (Fsp3) is 0.0500. The fourth-order valence-corrected chi connectivity index (χ4v) is 3.09. The maximum atomic E-state index is 14.2. The number of benzene rings is 3. The van der Waals surface area contributed by atoms with Crippen LogP contribution in [0.4, 0.5) is 23.2 Å². The highest BCUT2D eigenvalue weighted by molar-refractivity contribution is 6.34. The van der Waals surface area contributed by atoms with E-state index < -0.39 is 40.5 Å². The number of carbonyl (C=O) groups excluding carboxylic acids is 1. The second-order valence-electron chi connectivity index (χ2n) is 6.26. The first-order valence-electron chi connectivity index (χ1n) is 8.65. The Morgan fingerprint density at radius 1 is 0.968 bits per heavy atom. The Hall–Kier alpha value is -3.66. The Balaban J connectivity index is 1.72. The lowest BCUT2D eigenvalue weighted by atomic mass is 10.1. The second kappa shape index (κ2) is 7.88. The number of nitrogens with zero attached hydrogens (tertiary/aromatic N) is 3. The van der Waals surface area contributed by atoms with Gasteiger partial charge >= 0.3 is 0 Å². The summed E-state index contributed by atoms with van der Waals surface area (Å²) >= 11 is 6.13. The predicted octanol–water partition coefficient (Wildman–Crippen LogP) is 4.89. The first-order chi connectivity index (χ1) is 14.8. The number of halogens is 5. The smallest absolute Gasteiger partial charge is 0.261 e. The van der Waals surface area contributed by atoms with Gasteiger partial charge in [-0.3, -0.25) is 4.79 Å². The first-order valence-corrected chi connectivity index (χ1v) is 9.03. The van der Waals surface area contributed by atoms with Crippen LogP contribution in [-0.2, 0) is 0 Å². The molecule has 0 saturated heterocycles. The van der Waals surface area contributed by atoms with Crippen molar-refractivity contribution in [2.24, 2.45) is 0 Å². The van der Waals surface area contributed by atoms with Crippen LogP contribution in [0.5, 0.6) is 5.75 Å². The highest BCUT2D eigenvalue weighted by Crippen LogP contribution is 2.32. The van der Waals surface area contributed by atoms with E-state index in [0.29, 0.717) is 16.7 Å². The Morgan fingerprint density at radius 3 is 2.13 bits per heavy atom. The SMILES string of the molecule is COc1c(F)c(F)c(C(=O)Nc2cc3nn(-c4ccccc4)nc3cc2Cl)c(F)c1F. The third-order valence-electron chi connectivity index (χ3n) is 4.36. The molecular formula is C20H11ClF4N4O2. The van der Waals surface area contributed by atoms with Crippen LogP contribution in [0.15, 0.2) is 42.5 Å². The lowest BCUT2D eigenvalue weighted by Gasteiger charge is -2.12. The monoisotopic (exact) mass is 450 g/mol. The van der Waals surface area contributed by atoms with Crippen LogP contribution in [0.2, 0.25) is 5.02 Å². The standard InChI is InChI=1S/C20H11ClF4N4O2/c1-31-19-17(24)15(22)14(16(23)18(19)25)20(30)26-11-8-13-12(7-10(11)21)27-29(28-13)9-5-3-2-4-6-9/h2-8H,1H3,(H,26,30). The molecule has 0 aliphatic heterocycles. The number of fused-ring (bicyclic) bond motifs is 1. The van der Waals surface area contributed by atoms with Crippen LogP contribution in [0.3, 0.4) is 0 Å². The molecule has 0 fully saturated rings. The van der Waals surface area contributed by atoms with E-state index in [1.54, 1.807) is 24.3 Å². The van der Waals surface area contributed by atoms with E-state index in [2.05, 4.69) is 20.3 Å². The number of aromatic nitrogens is 3. The van der Waals surface area contributed by atoms with Crippen molar-refractivity contribution in [3.05, 3.63) is 76.3 Å². The summed E-state index contributed by atoms with van der Waals surface area (Å²) in [6.07, 6.45) is 0. The lowest BCUT2D eigenvalue weighted by molar-refractivity contribution is 0.101. The Kier molecular flexibility index (Phi) is 5.24. The Labute approximate surface area is 177 Å². The molecule has 4 aromatic rings. The summed E-state index contributed by atoms with van der Waals surface area (Å²) in [5.41, 5.74) is -0.203. The highest BCUT2D eigenvalue weighted by atomic mass is 35.5. The summed E-state index contributed by atoms with van der Waals surface area (Å²) < 4.78 is 60.5. The molecule has 0 spiro atoms. The van der Waals surface area contributed by atoms with Crippen LogP contribution in [0, 0.1) is 23.3 Å². The van der Waals surface area contributed by atoms with Gasteiger partial charge in [0, 0.05) is 0 Å². The van der Waals surface area contributed by atoms with Gasteiger partial charge in [-0.2, -0.15) is 13.6 Å². The van der Waals surface area contributed by atoms with Gasteiger partial charge in [-0.15, -0.1) is 10.2 Å². The number of anilines is 1. The van der Waals surface area contributed by atoms with Crippen LogP contribution in [0.25, 0.3) is 16.7 Å². The number of hydrogen-bond acceptors (Lipinski definition) is 4. The number of amides is 1. The molecule has 6 nitrogen and oxygen atoms in total. The molecule has 3 aromatic carbocycles. The van der Waals surface area contributed by atoms with Crippen molar-refractivity contribution in [2.45, 2.75) is 0 Å². The highest BCUT2D eigenvalue weighted by Gasteiger charge is 2.30. The molecule has 0 aliphatic rings. The molecule has 1 heterocycles. The van der Waals surface area contributed by atoms with Crippen LogP contribution >= 0.6 is 11.6 Å². The molecule has 0 aliphatic carbocycles. The van der Waals surface area contributed by atoms with Crippen LogP contribution in [-0.4, -0.2) is 28.0 Å². The summed E-state index contributed by atoms with van der Waals surface area (Å²) in [6.45, 7) is 0. The van der Waals surface area contributed by atoms with E-state index in [1.165, 1.54) is 16.9 Å². The van der Waals surface area contributed by atoms with Crippen molar-refractivity contribution >= 4 is 34.2 Å². The average molecular weight is 451 g/mol. The maximum absolute atomic E-state index is 14.2. The molecule has 11 heteroatoms. The summed E-state index contributed by atoms with van der Waals surface area (Å²) in [7, 11) is 0.831. The predicted molar refractivity (Wildman–Crippen MR) is 105 cm³/mol. The minimum atomic E-state index is -1.90. The zero-order valence-corrected chi connectivity index (χ0v) is 16.3. The molecule has 0 radical (unpaired) electrons. The van der Waals surface area contributed by atoms with Crippen molar-refractivity contribution in [3.8, 4) is 11.4 Å². The van der Waals surface area contributed by atoms with Gasteiger partial charge in [0.05, 0.1) is 23.5 Å². The normalized spacial score (nSPS) is 11.0. The largest absolute Gasteiger partial charge is 0.491 e. The van der Waals surface area contributed by atoms with Gasteiger partial charge in [-0.25, -0.2) is 8.78 Å². The van der Waals surface area contributed by atoms with E-state index in [4.69, 9.17) is 11.6 Å².